The first-order chi connectivity index (χ1) is 14.8. The third-order valence-corrected chi connectivity index (χ3v) is 5.54. The number of hydrogen-bond acceptors (Lipinski definition) is 5. The summed E-state index contributed by atoms with van der Waals surface area (Å²) in [6, 6.07) is 11.4. The molecule has 4 atom stereocenters. The second-order valence-electron chi connectivity index (χ2n) is 7.62. The molecule has 2 aromatic carbocycles. The Morgan fingerprint density at radius 2 is 1.97 bits per heavy atom. The van der Waals surface area contributed by atoms with Crippen molar-refractivity contribution in [3.8, 4) is 0 Å². The number of rotatable bonds is 4. The van der Waals surface area contributed by atoms with E-state index in [1.807, 2.05) is 0 Å². The molecule has 0 aromatic heterocycles. The van der Waals surface area contributed by atoms with Crippen molar-refractivity contribution in [2.24, 2.45) is 11.8 Å². The van der Waals surface area contributed by atoms with Crippen LogP contribution in [0.25, 0.3) is 0 Å². The summed E-state index contributed by atoms with van der Waals surface area (Å²) in [4.78, 5) is 38.0. The number of anilines is 2. The first-order valence-corrected chi connectivity index (χ1v) is 10.1. The quantitative estimate of drug-likeness (QED) is 0.493. The van der Waals surface area contributed by atoms with E-state index in [-0.39, 0.29) is 18.0 Å². The summed E-state index contributed by atoms with van der Waals surface area (Å²) in [5, 5.41) is 14.6. The van der Waals surface area contributed by atoms with Gasteiger partial charge in [-0.1, -0.05) is 23.7 Å². The van der Waals surface area contributed by atoms with Crippen LogP contribution in [0.15, 0.2) is 42.5 Å². The van der Waals surface area contributed by atoms with E-state index in [0.717, 1.165) is 0 Å². The average molecular weight is 446 g/mol. The van der Waals surface area contributed by atoms with Crippen LogP contribution in [0.2, 0.25) is 5.02 Å². The lowest BCUT2D eigenvalue weighted by Gasteiger charge is -2.43. The van der Waals surface area contributed by atoms with Crippen molar-refractivity contribution in [3.63, 3.8) is 0 Å². The number of amides is 3. The Hall–Kier alpha value is -3.17. The van der Waals surface area contributed by atoms with Crippen LogP contribution in [0.4, 0.5) is 15.8 Å². The zero-order valence-electron chi connectivity index (χ0n) is 16.5. The van der Waals surface area contributed by atoms with E-state index in [2.05, 4.69) is 26.6 Å². The van der Waals surface area contributed by atoms with E-state index < -0.39 is 41.9 Å². The molecule has 4 unspecified atom stereocenters. The molecule has 2 aliphatic heterocycles. The molecule has 0 saturated carbocycles. The smallest absolute Gasteiger partial charge is 0.229 e. The number of piperidine rings is 1. The second-order valence-corrected chi connectivity index (χ2v) is 8.05. The molecule has 2 aromatic rings. The maximum atomic E-state index is 14.1. The molecule has 4 rings (SSSR count). The monoisotopic (exact) mass is 445 g/mol. The molecule has 8 nitrogen and oxygen atoms in total. The Bertz CT molecular complexity index is 1050. The van der Waals surface area contributed by atoms with Gasteiger partial charge in [-0.25, -0.2) is 4.39 Å². The van der Waals surface area contributed by atoms with E-state index in [1.165, 1.54) is 12.1 Å². The Morgan fingerprint density at radius 1 is 1.16 bits per heavy atom. The van der Waals surface area contributed by atoms with Crippen molar-refractivity contribution in [3.05, 3.63) is 58.9 Å². The van der Waals surface area contributed by atoms with Gasteiger partial charge in [0.15, 0.2) is 6.29 Å². The van der Waals surface area contributed by atoms with Crippen molar-refractivity contribution < 1.29 is 18.8 Å². The summed E-state index contributed by atoms with van der Waals surface area (Å²) >= 11 is 5.99. The van der Waals surface area contributed by atoms with Crippen molar-refractivity contribution >= 4 is 40.7 Å². The Balaban J connectivity index is 1.49. The number of nitrogens with one attached hydrogen (secondary N) is 5. The second kappa shape index (κ2) is 8.52. The largest absolute Gasteiger partial charge is 0.353 e. The first kappa shape index (κ1) is 21.1. The SMILES string of the molecule is Cc1ccc(NC(=O)C2CC(=O)NC3NC(Nc4cccc(Cl)c4)NC(=O)C32)c(F)c1. The highest BCUT2D eigenvalue weighted by molar-refractivity contribution is 6.30. The highest BCUT2D eigenvalue weighted by Gasteiger charge is 2.48. The average Bonchev–Trinajstić information content (AvgIpc) is 2.69. The maximum Gasteiger partial charge on any atom is 0.229 e. The van der Waals surface area contributed by atoms with E-state index in [4.69, 9.17) is 11.6 Å². The third kappa shape index (κ3) is 4.62. The summed E-state index contributed by atoms with van der Waals surface area (Å²) in [5.41, 5.74) is 1.37. The molecular formula is C21H21ClFN5O3. The van der Waals surface area contributed by atoms with E-state index in [0.29, 0.717) is 16.3 Å². The van der Waals surface area contributed by atoms with Crippen LogP contribution in [-0.4, -0.2) is 30.2 Å². The van der Waals surface area contributed by atoms with Gasteiger partial charge in [0.05, 0.1) is 23.7 Å². The summed E-state index contributed by atoms with van der Waals surface area (Å²) in [6.07, 6.45) is -1.64. The minimum absolute atomic E-state index is 0.00260. The molecule has 5 N–H and O–H groups in total. The van der Waals surface area contributed by atoms with Gasteiger partial charge in [-0.2, -0.15) is 0 Å². The molecule has 2 aliphatic rings. The predicted octanol–water partition coefficient (Wildman–Crippen LogP) is 1.92. The zero-order valence-corrected chi connectivity index (χ0v) is 17.3. The molecule has 0 radical (unpaired) electrons. The van der Waals surface area contributed by atoms with Gasteiger partial charge in [-0.3, -0.25) is 19.7 Å². The van der Waals surface area contributed by atoms with Crippen molar-refractivity contribution in [1.82, 2.24) is 16.0 Å². The Kier molecular flexibility index (Phi) is 5.79. The lowest BCUT2D eigenvalue weighted by molar-refractivity contribution is -0.144. The summed E-state index contributed by atoms with van der Waals surface area (Å²) in [5.74, 6) is -3.78. The molecule has 2 saturated heterocycles. The van der Waals surface area contributed by atoms with Gasteiger partial charge in [0, 0.05) is 17.1 Å². The van der Waals surface area contributed by atoms with E-state index in [9.17, 15) is 18.8 Å². The van der Waals surface area contributed by atoms with Gasteiger partial charge in [-0.05, 0) is 42.8 Å². The predicted molar refractivity (Wildman–Crippen MR) is 113 cm³/mol. The fourth-order valence-corrected chi connectivity index (χ4v) is 4.04. The summed E-state index contributed by atoms with van der Waals surface area (Å²) in [7, 11) is 0. The van der Waals surface area contributed by atoms with Crippen LogP contribution >= 0.6 is 11.6 Å². The first-order valence-electron chi connectivity index (χ1n) is 9.75. The van der Waals surface area contributed by atoms with Gasteiger partial charge < -0.3 is 21.3 Å². The molecule has 2 heterocycles. The van der Waals surface area contributed by atoms with Crippen LogP contribution < -0.4 is 26.6 Å². The number of carbonyl (C=O) groups excluding carboxylic acids is 3. The molecular weight excluding hydrogens is 425 g/mol. The number of aryl methyl sites for hydroxylation is 1. The number of benzene rings is 2. The van der Waals surface area contributed by atoms with Crippen molar-refractivity contribution in [2.75, 3.05) is 10.6 Å². The van der Waals surface area contributed by atoms with E-state index in [1.54, 1.807) is 37.3 Å². The number of halogens is 2. The standard InChI is InChI=1S/C21H21ClFN5O3/c1-10-5-6-15(14(23)7-10)25-19(30)13-9-16(29)26-18-17(13)20(31)28-21(27-18)24-12-4-2-3-11(22)8-12/h2-8,13,17-18,21,24,27H,9H2,1H3,(H,25,30)(H,26,29)(H,28,31). The summed E-state index contributed by atoms with van der Waals surface area (Å²) in [6.45, 7) is 1.73. The fourth-order valence-electron chi connectivity index (χ4n) is 3.85. The zero-order chi connectivity index (χ0) is 22.1. The molecule has 2 fully saturated rings. The minimum atomic E-state index is -0.959. The topological polar surface area (TPSA) is 111 Å². The van der Waals surface area contributed by atoms with Crippen LogP contribution in [0, 0.1) is 24.6 Å². The maximum absolute atomic E-state index is 14.1. The molecule has 10 heteroatoms. The lowest BCUT2D eigenvalue weighted by Crippen LogP contribution is -2.72. The third-order valence-electron chi connectivity index (χ3n) is 5.30. The minimum Gasteiger partial charge on any atom is -0.353 e. The number of fused-ring (bicyclic) bond motifs is 1. The Labute approximate surface area is 182 Å². The van der Waals surface area contributed by atoms with Gasteiger partial charge in [0.25, 0.3) is 0 Å². The fraction of sp³-hybridized carbons (Fsp3) is 0.286. The highest BCUT2D eigenvalue weighted by atomic mass is 35.5. The van der Waals surface area contributed by atoms with Crippen LogP contribution in [0.1, 0.15) is 12.0 Å². The van der Waals surface area contributed by atoms with Crippen molar-refractivity contribution in [2.45, 2.75) is 25.8 Å². The molecule has 3 amide bonds. The molecule has 0 bridgehead atoms. The van der Waals surface area contributed by atoms with Gasteiger partial charge >= 0.3 is 0 Å². The molecule has 31 heavy (non-hydrogen) atoms. The van der Waals surface area contributed by atoms with Gasteiger partial charge in [0.2, 0.25) is 17.7 Å². The number of hydrogen-bond donors (Lipinski definition) is 5. The van der Waals surface area contributed by atoms with Crippen molar-refractivity contribution in [1.29, 1.82) is 0 Å². The normalized spacial score (nSPS) is 25.1. The highest BCUT2D eigenvalue weighted by Crippen LogP contribution is 2.28. The van der Waals surface area contributed by atoms with Crippen LogP contribution in [0.3, 0.4) is 0 Å². The van der Waals surface area contributed by atoms with Crippen LogP contribution in [-0.2, 0) is 14.4 Å². The number of carbonyl (C=O) groups is 3. The summed E-state index contributed by atoms with van der Waals surface area (Å²) < 4.78 is 14.1. The lowest BCUT2D eigenvalue weighted by atomic mass is 9.81. The van der Waals surface area contributed by atoms with Gasteiger partial charge in [0.1, 0.15) is 5.82 Å². The molecule has 0 aliphatic carbocycles. The Morgan fingerprint density at radius 3 is 2.71 bits per heavy atom. The van der Waals surface area contributed by atoms with Crippen LogP contribution in [0.5, 0.6) is 0 Å². The van der Waals surface area contributed by atoms with Gasteiger partial charge in [-0.15, -0.1) is 0 Å². The molecule has 162 valence electrons. The van der Waals surface area contributed by atoms with E-state index >= 15 is 0 Å². The molecule has 0 spiro atoms.